The van der Waals surface area contributed by atoms with E-state index >= 15 is 0 Å². The molecule has 116 valence electrons. The van der Waals surface area contributed by atoms with Crippen LogP contribution in [0.25, 0.3) is 0 Å². The van der Waals surface area contributed by atoms with Gasteiger partial charge in [0.25, 0.3) is 0 Å². The Balaban J connectivity index is 2.04. The highest BCUT2D eigenvalue weighted by molar-refractivity contribution is 6.15. The summed E-state index contributed by atoms with van der Waals surface area (Å²) in [6.45, 7) is 3.30. The van der Waals surface area contributed by atoms with Crippen molar-refractivity contribution in [3.8, 4) is 0 Å². The molecule has 2 aliphatic heterocycles. The predicted octanol–water partition coefficient (Wildman–Crippen LogP) is 2.69. The molecule has 2 heterocycles. The van der Waals surface area contributed by atoms with Gasteiger partial charge in [0, 0.05) is 31.3 Å². The van der Waals surface area contributed by atoms with Crippen LogP contribution in [-0.4, -0.2) is 24.8 Å². The van der Waals surface area contributed by atoms with Crippen LogP contribution in [0.2, 0.25) is 0 Å². The van der Waals surface area contributed by atoms with Crippen LogP contribution in [0.3, 0.4) is 0 Å². The van der Waals surface area contributed by atoms with Gasteiger partial charge in [-0.05, 0) is 18.1 Å². The van der Waals surface area contributed by atoms with Crippen molar-refractivity contribution < 1.29 is 4.79 Å². The first-order chi connectivity index (χ1) is 11.2. The molecular formula is C19H19N3O. The van der Waals surface area contributed by atoms with Gasteiger partial charge in [0.1, 0.15) is 5.84 Å². The molecule has 1 amide bonds. The molecule has 0 saturated carbocycles. The second-order valence-electron chi connectivity index (χ2n) is 6.02. The van der Waals surface area contributed by atoms with Crippen LogP contribution >= 0.6 is 0 Å². The zero-order valence-electron chi connectivity index (χ0n) is 13.1. The molecule has 4 nitrogen and oxygen atoms in total. The topological polar surface area (TPSA) is 44.7 Å². The summed E-state index contributed by atoms with van der Waals surface area (Å²) in [5.74, 6) is 0.880. The monoisotopic (exact) mass is 305 g/mol. The van der Waals surface area contributed by atoms with E-state index in [0.717, 1.165) is 42.2 Å². The van der Waals surface area contributed by atoms with Gasteiger partial charge in [0.2, 0.25) is 5.91 Å². The minimum Gasteiger partial charge on any atom is -0.336 e. The van der Waals surface area contributed by atoms with E-state index in [4.69, 9.17) is 4.99 Å². The molecule has 1 atom stereocenters. The maximum atomic E-state index is 12.1. The molecule has 0 bridgehead atoms. The van der Waals surface area contributed by atoms with Crippen molar-refractivity contribution in [2.75, 3.05) is 18.0 Å². The number of carbonyl (C=O) groups excluding carboxylic acids is 1. The highest BCUT2D eigenvalue weighted by atomic mass is 16.1. The van der Waals surface area contributed by atoms with Crippen molar-refractivity contribution in [3.05, 3.63) is 65.7 Å². The van der Waals surface area contributed by atoms with Gasteiger partial charge in [-0.3, -0.25) is 9.79 Å². The molecule has 0 spiro atoms. The third-order valence-corrected chi connectivity index (χ3v) is 4.56. The fraction of sp³-hybridized carbons (Fsp3) is 0.263. The SMILES string of the molecule is CC(=O)NC1(c2ccccc2)C2=NCCCN2c2ccccc21. The Kier molecular flexibility index (Phi) is 3.18. The molecular weight excluding hydrogens is 286 g/mol. The van der Waals surface area contributed by atoms with Crippen LogP contribution in [0.4, 0.5) is 5.69 Å². The number of anilines is 1. The number of para-hydroxylation sites is 1. The smallest absolute Gasteiger partial charge is 0.218 e. The van der Waals surface area contributed by atoms with E-state index in [-0.39, 0.29) is 5.91 Å². The van der Waals surface area contributed by atoms with E-state index < -0.39 is 5.54 Å². The first-order valence-corrected chi connectivity index (χ1v) is 8.00. The van der Waals surface area contributed by atoms with E-state index in [1.165, 1.54) is 0 Å². The highest BCUT2D eigenvalue weighted by Gasteiger charge is 2.51. The third kappa shape index (κ3) is 1.98. The summed E-state index contributed by atoms with van der Waals surface area (Å²) in [7, 11) is 0. The number of carbonyl (C=O) groups is 1. The van der Waals surface area contributed by atoms with Gasteiger partial charge < -0.3 is 10.2 Å². The molecule has 1 unspecified atom stereocenters. The molecule has 0 saturated heterocycles. The summed E-state index contributed by atoms with van der Waals surface area (Å²) >= 11 is 0. The fourth-order valence-corrected chi connectivity index (χ4v) is 3.74. The fourth-order valence-electron chi connectivity index (χ4n) is 3.74. The molecule has 2 aromatic carbocycles. The average molecular weight is 305 g/mol. The number of aliphatic imine (C=N–C) groups is 1. The number of nitrogens with zero attached hydrogens (tertiary/aromatic N) is 2. The van der Waals surface area contributed by atoms with Crippen LogP contribution in [-0.2, 0) is 10.3 Å². The van der Waals surface area contributed by atoms with E-state index in [1.54, 1.807) is 6.92 Å². The Morgan fingerprint density at radius 1 is 1.13 bits per heavy atom. The van der Waals surface area contributed by atoms with Gasteiger partial charge in [-0.15, -0.1) is 0 Å². The summed E-state index contributed by atoms with van der Waals surface area (Å²) in [5.41, 5.74) is 2.60. The summed E-state index contributed by atoms with van der Waals surface area (Å²) in [6.07, 6.45) is 1.03. The Bertz CT molecular complexity index is 784. The van der Waals surface area contributed by atoms with E-state index in [1.807, 2.05) is 30.3 Å². The van der Waals surface area contributed by atoms with Gasteiger partial charge in [0.05, 0.1) is 0 Å². The first kappa shape index (κ1) is 14.0. The summed E-state index contributed by atoms with van der Waals surface area (Å²) in [4.78, 5) is 19.1. The summed E-state index contributed by atoms with van der Waals surface area (Å²) in [6, 6.07) is 18.4. The number of rotatable bonds is 2. The lowest BCUT2D eigenvalue weighted by atomic mass is 9.83. The minimum absolute atomic E-state index is 0.0567. The lowest BCUT2D eigenvalue weighted by Gasteiger charge is -2.35. The van der Waals surface area contributed by atoms with Crippen molar-refractivity contribution in [3.63, 3.8) is 0 Å². The van der Waals surface area contributed by atoms with Crippen LogP contribution in [0.1, 0.15) is 24.5 Å². The molecule has 0 radical (unpaired) electrons. The highest BCUT2D eigenvalue weighted by Crippen LogP contribution is 2.45. The number of benzene rings is 2. The molecule has 4 heteroatoms. The molecule has 0 aromatic heterocycles. The molecule has 2 aromatic rings. The maximum absolute atomic E-state index is 12.1. The number of nitrogens with one attached hydrogen (secondary N) is 1. The van der Waals surface area contributed by atoms with Crippen molar-refractivity contribution >= 4 is 17.4 Å². The van der Waals surface area contributed by atoms with Gasteiger partial charge in [-0.2, -0.15) is 0 Å². The number of amidine groups is 1. The van der Waals surface area contributed by atoms with Crippen LogP contribution in [0.5, 0.6) is 0 Å². The molecule has 0 fully saturated rings. The lowest BCUT2D eigenvalue weighted by molar-refractivity contribution is -0.119. The number of hydrogen-bond donors (Lipinski definition) is 1. The van der Waals surface area contributed by atoms with E-state index in [9.17, 15) is 4.79 Å². The van der Waals surface area contributed by atoms with E-state index in [2.05, 4.69) is 34.5 Å². The van der Waals surface area contributed by atoms with Crippen LogP contribution < -0.4 is 10.2 Å². The first-order valence-electron chi connectivity index (χ1n) is 8.00. The summed E-state index contributed by atoms with van der Waals surface area (Å²) in [5, 5.41) is 3.22. The van der Waals surface area contributed by atoms with Crippen molar-refractivity contribution in [2.24, 2.45) is 4.99 Å². The van der Waals surface area contributed by atoms with Gasteiger partial charge in [-0.25, -0.2) is 0 Å². The van der Waals surface area contributed by atoms with Gasteiger partial charge in [0.15, 0.2) is 5.54 Å². The molecule has 1 N–H and O–H groups in total. The molecule has 2 aliphatic rings. The molecule has 4 rings (SSSR count). The minimum atomic E-state index is -0.690. The predicted molar refractivity (Wildman–Crippen MR) is 91.7 cm³/mol. The van der Waals surface area contributed by atoms with E-state index in [0.29, 0.717) is 0 Å². The quantitative estimate of drug-likeness (QED) is 0.927. The van der Waals surface area contributed by atoms with Crippen molar-refractivity contribution in [1.29, 1.82) is 0 Å². The Morgan fingerprint density at radius 2 is 1.87 bits per heavy atom. The van der Waals surface area contributed by atoms with Crippen LogP contribution in [0.15, 0.2) is 59.6 Å². The largest absolute Gasteiger partial charge is 0.336 e. The van der Waals surface area contributed by atoms with Gasteiger partial charge >= 0.3 is 0 Å². The zero-order chi connectivity index (χ0) is 15.9. The number of hydrogen-bond acceptors (Lipinski definition) is 3. The van der Waals surface area contributed by atoms with Crippen molar-refractivity contribution in [2.45, 2.75) is 18.9 Å². The normalized spacial score (nSPS) is 22.1. The van der Waals surface area contributed by atoms with Crippen LogP contribution in [0, 0.1) is 0 Å². The second-order valence-corrected chi connectivity index (χ2v) is 6.02. The third-order valence-electron chi connectivity index (χ3n) is 4.56. The Labute approximate surface area is 135 Å². The lowest BCUT2D eigenvalue weighted by Crippen LogP contribution is -2.54. The zero-order valence-corrected chi connectivity index (χ0v) is 13.1. The standard InChI is InChI=1S/C19H19N3O/c1-14(23)21-19(15-8-3-2-4-9-15)16-10-5-6-11-17(16)22-13-7-12-20-18(19)22/h2-6,8-11H,7,12-13H2,1H3,(H,21,23). The average Bonchev–Trinajstić information content (AvgIpc) is 2.87. The summed E-state index contributed by atoms with van der Waals surface area (Å²) < 4.78 is 0. The molecule has 0 aliphatic carbocycles. The van der Waals surface area contributed by atoms with Crippen molar-refractivity contribution in [1.82, 2.24) is 5.32 Å². The number of fused-ring (bicyclic) bond motifs is 3. The molecule has 23 heavy (non-hydrogen) atoms. The Morgan fingerprint density at radius 3 is 2.65 bits per heavy atom. The Hall–Kier alpha value is -2.62. The second kappa shape index (κ2) is 5.23. The number of amides is 1. The maximum Gasteiger partial charge on any atom is 0.218 e. The van der Waals surface area contributed by atoms with Gasteiger partial charge in [-0.1, -0.05) is 48.5 Å².